The second-order valence-corrected chi connectivity index (χ2v) is 28.8. The number of hydrogen-bond acceptors (Lipinski definition) is 4. The smallest absolute Gasteiger partial charge is 0.215 e. The van der Waals surface area contributed by atoms with Gasteiger partial charge in [-0.2, -0.15) is 0 Å². The van der Waals surface area contributed by atoms with E-state index in [9.17, 15) is 1.37 Å². The van der Waals surface area contributed by atoms with Crippen LogP contribution in [0.1, 0.15) is 88.6 Å². The molecule has 6 nitrogen and oxygen atoms in total. The van der Waals surface area contributed by atoms with Crippen LogP contribution in [0.4, 0.5) is 22.7 Å². The lowest BCUT2D eigenvalue weighted by Crippen LogP contribution is -2.38. The molecule has 73 heavy (non-hydrogen) atoms. The van der Waals surface area contributed by atoms with Crippen LogP contribution in [0.25, 0.3) is 61.0 Å². The molecule has 0 aliphatic carbocycles. The van der Waals surface area contributed by atoms with Crippen LogP contribution in [-0.2, 0) is 23.2 Å². The Labute approximate surface area is 443 Å². The zero-order valence-electron chi connectivity index (χ0n) is 51.2. The van der Waals surface area contributed by atoms with Gasteiger partial charge in [-0.25, -0.2) is 4.98 Å². The fraction of sp³-hybridized carbons (Fsp3) is 0.258. The van der Waals surface area contributed by atoms with Gasteiger partial charge in [-0.3, -0.25) is 4.57 Å². The first-order valence-corrected chi connectivity index (χ1v) is 28.9. The van der Waals surface area contributed by atoms with Crippen molar-refractivity contribution in [2.75, 3.05) is 16.5 Å². The van der Waals surface area contributed by atoms with Crippen molar-refractivity contribution in [2.45, 2.75) is 98.2 Å². The molecule has 0 N–H and O–H groups in total. The van der Waals surface area contributed by atoms with Crippen LogP contribution in [0.3, 0.4) is 0 Å². The van der Waals surface area contributed by atoms with Crippen molar-refractivity contribution >= 4 is 68.8 Å². The van der Waals surface area contributed by atoms with Gasteiger partial charge in [0.1, 0.15) is 18.2 Å². The Bertz CT molecular complexity index is 4020. The first kappa shape index (κ1) is 40.2. The standard InChI is InChI=1S/C66H69N5OSi/c1-64(2,3)59-57(43-26-16-14-17-27-43)62(58(44-28-18-15-19-29-44)60(65(4,5)6)61(59)66(7,8)9)70-42-69(54-34-24-25-35-55(54)70)45-38-47(40-48(39-45)73(11,12)13)72-46-36-37-50-49-30-20-22-32-52(49)71(56(50)41-46)63-67-51-31-21-23-33-53(51)68(63)10/h14-41H,42H2,1-13H3/i10D3,20D,22D,30D,32D. The number of fused-ring (bicyclic) bond motifs is 5. The zero-order chi connectivity index (χ0) is 57.3. The third-order valence-corrected chi connectivity index (χ3v) is 16.3. The van der Waals surface area contributed by atoms with Crippen LogP contribution in [0.2, 0.25) is 19.6 Å². The molecule has 1 aliphatic heterocycles. The normalized spacial score (nSPS) is 15.0. The van der Waals surface area contributed by atoms with E-state index in [0.717, 1.165) is 38.4 Å². The van der Waals surface area contributed by atoms with E-state index in [1.807, 2.05) is 6.07 Å². The highest BCUT2D eigenvalue weighted by Gasteiger charge is 2.42. The molecule has 3 heterocycles. The molecule has 8 aromatic carbocycles. The van der Waals surface area contributed by atoms with E-state index in [1.54, 1.807) is 41.0 Å². The van der Waals surface area contributed by atoms with Crippen LogP contribution in [-0.4, -0.2) is 28.9 Å². The van der Waals surface area contributed by atoms with Gasteiger partial charge in [0.05, 0.1) is 52.7 Å². The van der Waals surface area contributed by atoms with Crippen molar-refractivity contribution in [3.63, 3.8) is 0 Å². The van der Waals surface area contributed by atoms with Crippen molar-refractivity contribution < 1.29 is 14.3 Å². The van der Waals surface area contributed by atoms with Gasteiger partial charge in [0.15, 0.2) is 0 Å². The average Bonchev–Trinajstić information content (AvgIpc) is 4.22. The molecule has 10 aromatic rings. The van der Waals surface area contributed by atoms with Crippen LogP contribution in [0.5, 0.6) is 11.5 Å². The summed E-state index contributed by atoms with van der Waals surface area (Å²) in [5.41, 5.74) is 13.7. The summed E-state index contributed by atoms with van der Waals surface area (Å²) < 4.78 is 71.8. The predicted molar refractivity (Wildman–Crippen MR) is 314 cm³/mol. The Balaban J connectivity index is 1.13. The lowest BCUT2D eigenvalue weighted by molar-refractivity contribution is 0.484. The van der Waals surface area contributed by atoms with Gasteiger partial charge in [0.2, 0.25) is 5.95 Å². The monoisotopic (exact) mass is 983 g/mol. The van der Waals surface area contributed by atoms with Crippen molar-refractivity contribution in [2.24, 2.45) is 6.98 Å². The molecular formula is C66H69N5OSi. The average molecular weight is 983 g/mol. The second kappa shape index (κ2) is 17.4. The maximum atomic E-state index is 9.25. The summed E-state index contributed by atoms with van der Waals surface area (Å²) in [7, 11) is -2.07. The first-order valence-electron chi connectivity index (χ1n) is 28.9. The minimum atomic E-state index is -2.70. The number of aryl methyl sites for hydroxylation is 1. The van der Waals surface area contributed by atoms with E-state index in [2.05, 4.69) is 195 Å². The fourth-order valence-electron chi connectivity index (χ4n) is 11.2. The van der Waals surface area contributed by atoms with Gasteiger partial charge in [-0.05, 0) is 98.6 Å². The van der Waals surface area contributed by atoms with Gasteiger partial charge in [0, 0.05) is 50.8 Å². The van der Waals surface area contributed by atoms with Crippen LogP contribution < -0.4 is 19.7 Å². The topological polar surface area (TPSA) is 38.5 Å². The Morgan fingerprint density at radius 2 is 1.12 bits per heavy atom. The van der Waals surface area contributed by atoms with Crippen LogP contribution in [0.15, 0.2) is 170 Å². The van der Waals surface area contributed by atoms with E-state index in [4.69, 9.17) is 17.9 Å². The molecule has 0 amide bonds. The molecule has 368 valence electrons. The minimum Gasteiger partial charge on any atom is -0.457 e. The van der Waals surface area contributed by atoms with Crippen molar-refractivity contribution in [1.82, 2.24) is 14.1 Å². The lowest BCUT2D eigenvalue weighted by Gasteiger charge is -2.43. The molecule has 0 spiro atoms. The van der Waals surface area contributed by atoms with Crippen molar-refractivity contribution in [3.8, 4) is 39.7 Å². The Hall–Kier alpha value is -7.35. The molecule has 0 radical (unpaired) electrons. The summed E-state index contributed by atoms with van der Waals surface area (Å²) in [5, 5.41) is 1.93. The van der Waals surface area contributed by atoms with E-state index in [1.165, 1.54) is 33.0 Å². The van der Waals surface area contributed by atoms with Gasteiger partial charge in [-0.15, -0.1) is 0 Å². The molecule has 7 heteroatoms. The maximum absolute atomic E-state index is 9.25. The Morgan fingerprint density at radius 3 is 1.73 bits per heavy atom. The molecule has 0 fully saturated rings. The Morgan fingerprint density at radius 1 is 0.548 bits per heavy atom. The van der Waals surface area contributed by atoms with Crippen LogP contribution in [0, 0.1) is 0 Å². The number of imidazole rings is 1. The number of nitrogens with zero attached hydrogens (tertiary/aromatic N) is 5. The first-order chi connectivity index (χ1) is 37.6. The zero-order valence-corrected chi connectivity index (χ0v) is 45.2. The highest BCUT2D eigenvalue weighted by Crippen LogP contribution is 2.58. The highest BCUT2D eigenvalue weighted by molar-refractivity contribution is 6.88. The van der Waals surface area contributed by atoms with E-state index >= 15 is 0 Å². The summed E-state index contributed by atoms with van der Waals surface area (Å²) >= 11 is 0. The molecule has 2 aromatic heterocycles. The summed E-state index contributed by atoms with van der Waals surface area (Å²) in [6.45, 7) is 26.1. The molecule has 0 bridgehead atoms. The third-order valence-electron chi connectivity index (χ3n) is 14.3. The molecule has 0 atom stereocenters. The number of benzene rings is 8. The molecule has 0 unspecified atom stereocenters. The molecule has 0 saturated carbocycles. The number of rotatable bonds is 8. The summed E-state index contributed by atoms with van der Waals surface area (Å²) in [4.78, 5) is 9.81. The van der Waals surface area contributed by atoms with E-state index in [-0.39, 0.29) is 51.2 Å². The Kier molecular flexibility index (Phi) is 9.58. The van der Waals surface area contributed by atoms with E-state index < -0.39 is 21.1 Å². The highest BCUT2D eigenvalue weighted by atomic mass is 28.3. The fourth-order valence-corrected chi connectivity index (χ4v) is 12.3. The summed E-state index contributed by atoms with van der Waals surface area (Å²) in [6.07, 6.45) is 0. The van der Waals surface area contributed by atoms with Crippen LogP contribution >= 0.6 is 0 Å². The molecule has 11 rings (SSSR count). The van der Waals surface area contributed by atoms with Crippen molar-refractivity contribution in [3.05, 3.63) is 186 Å². The summed E-state index contributed by atoms with van der Waals surface area (Å²) in [5.74, 6) is 1.03. The number of hydrogen-bond donors (Lipinski definition) is 0. The molecule has 1 aliphatic rings. The SMILES string of the molecule is [2H]c1c([2H])c([2H])c2c(c1[2H])c1ccc(Oc3cc(N4CN(c5c(-c6ccccc6)c(C(C)(C)C)c(C(C)(C)C)c(C(C)(C)C)c5-c5ccccc5)c5ccccc54)cc([Si](C)(C)C)c3)cc1n2-c1nc2ccccc2n1C([2H])([2H])[2H]. The number of aromatic nitrogens is 3. The molecular weight excluding hydrogens is 907 g/mol. The third kappa shape index (κ3) is 8.32. The molecule has 0 saturated heterocycles. The van der Waals surface area contributed by atoms with E-state index in [0.29, 0.717) is 40.1 Å². The van der Waals surface area contributed by atoms with Gasteiger partial charge in [-0.1, -0.05) is 190 Å². The van der Waals surface area contributed by atoms with Gasteiger partial charge >= 0.3 is 0 Å². The van der Waals surface area contributed by atoms with Crippen molar-refractivity contribution in [1.29, 1.82) is 0 Å². The number of anilines is 4. The predicted octanol–water partition coefficient (Wildman–Crippen LogP) is 17.5. The number of para-hydroxylation sites is 5. The van der Waals surface area contributed by atoms with Gasteiger partial charge < -0.3 is 19.1 Å². The van der Waals surface area contributed by atoms with Gasteiger partial charge in [0.25, 0.3) is 0 Å². The lowest BCUT2D eigenvalue weighted by atomic mass is 9.64. The second-order valence-electron chi connectivity index (χ2n) is 23.7. The summed E-state index contributed by atoms with van der Waals surface area (Å²) in [6, 6.07) is 48.1. The number of ether oxygens (including phenoxy) is 1. The largest absolute Gasteiger partial charge is 0.457 e. The minimum absolute atomic E-state index is 0.00298. The quantitative estimate of drug-likeness (QED) is 0.142. The maximum Gasteiger partial charge on any atom is 0.215 e.